The maximum atomic E-state index is 14.8. The molecule has 188 valence electrons. The molecule has 6 heteroatoms. The summed E-state index contributed by atoms with van der Waals surface area (Å²) in [5.74, 6) is -1.01. The van der Waals surface area contributed by atoms with Crippen molar-refractivity contribution in [3.05, 3.63) is 108 Å². The highest BCUT2D eigenvalue weighted by Gasteiger charge is 2.47. The second-order valence-corrected chi connectivity index (χ2v) is 9.51. The van der Waals surface area contributed by atoms with E-state index < -0.39 is 29.3 Å². The first-order chi connectivity index (χ1) is 17.3. The molecular formula is C30H35N3O3. The average Bonchev–Trinajstić information content (AvgIpc) is 2.88. The fourth-order valence-corrected chi connectivity index (χ4v) is 4.70. The van der Waals surface area contributed by atoms with E-state index in [1.54, 1.807) is 0 Å². The highest BCUT2D eigenvalue weighted by atomic mass is 16.2. The molecule has 5 N–H and O–H groups in total. The Bertz CT molecular complexity index is 1050. The summed E-state index contributed by atoms with van der Waals surface area (Å²) in [7, 11) is 0. The molecule has 2 atom stereocenters. The van der Waals surface area contributed by atoms with Crippen LogP contribution < -0.4 is 16.8 Å². The average molecular weight is 486 g/mol. The van der Waals surface area contributed by atoms with E-state index in [0.29, 0.717) is 6.42 Å². The van der Waals surface area contributed by atoms with Gasteiger partial charge in [0.25, 0.3) is 0 Å². The molecule has 6 nitrogen and oxygen atoms in total. The molecule has 0 radical (unpaired) electrons. The Morgan fingerprint density at radius 3 is 1.56 bits per heavy atom. The van der Waals surface area contributed by atoms with Gasteiger partial charge in [-0.2, -0.15) is 0 Å². The minimum Gasteiger partial charge on any atom is -0.370 e. The van der Waals surface area contributed by atoms with Crippen LogP contribution in [0.15, 0.2) is 91.0 Å². The minimum atomic E-state index is -1.23. The van der Waals surface area contributed by atoms with Crippen molar-refractivity contribution in [3.8, 4) is 0 Å². The lowest BCUT2D eigenvalue weighted by molar-refractivity contribution is -0.130. The maximum Gasteiger partial charge on any atom is 0.237 e. The van der Waals surface area contributed by atoms with Crippen LogP contribution in [0.4, 0.5) is 0 Å². The summed E-state index contributed by atoms with van der Waals surface area (Å²) in [5.41, 5.74) is 12.7. The predicted molar refractivity (Wildman–Crippen MR) is 142 cm³/mol. The predicted octanol–water partition coefficient (Wildman–Crippen LogP) is 3.71. The highest BCUT2D eigenvalue weighted by Crippen LogP contribution is 2.41. The third kappa shape index (κ3) is 6.07. The third-order valence-corrected chi connectivity index (χ3v) is 6.36. The van der Waals surface area contributed by atoms with E-state index in [2.05, 4.69) is 5.32 Å². The van der Waals surface area contributed by atoms with Crippen molar-refractivity contribution in [2.24, 2.45) is 17.4 Å². The van der Waals surface area contributed by atoms with E-state index in [9.17, 15) is 14.4 Å². The van der Waals surface area contributed by atoms with Gasteiger partial charge in [0.2, 0.25) is 11.8 Å². The van der Waals surface area contributed by atoms with Crippen LogP contribution in [0.25, 0.3) is 0 Å². The molecular weight excluding hydrogens is 450 g/mol. The number of carbonyl (C=O) groups is 3. The first-order valence-electron chi connectivity index (χ1n) is 12.3. The van der Waals surface area contributed by atoms with Crippen LogP contribution in [-0.2, 0) is 19.8 Å². The van der Waals surface area contributed by atoms with Gasteiger partial charge in [-0.25, -0.2) is 0 Å². The summed E-state index contributed by atoms with van der Waals surface area (Å²) in [6.07, 6.45) is 0.497. The molecule has 3 aromatic carbocycles. The molecule has 0 spiro atoms. The zero-order valence-corrected chi connectivity index (χ0v) is 20.9. The Morgan fingerprint density at radius 2 is 1.19 bits per heavy atom. The maximum absolute atomic E-state index is 14.8. The van der Waals surface area contributed by atoms with Gasteiger partial charge in [-0.15, -0.1) is 0 Å². The zero-order chi connectivity index (χ0) is 26.1. The van der Waals surface area contributed by atoms with Crippen LogP contribution in [-0.4, -0.2) is 29.7 Å². The van der Waals surface area contributed by atoms with Gasteiger partial charge < -0.3 is 16.8 Å². The quantitative estimate of drug-likeness (QED) is 0.339. The first-order valence-corrected chi connectivity index (χ1v) is 12.3. The van der Waals surface area contributed by atoms with E-state index >= 15 is 0 Å². The van der Waals surface area contributed by atoms with E-state index in [4.69, 9.17) is 11.5 Å². The standard InChI is InChI=1S/C30H35N3O3/c1-21(2)20-25(31)29(36)33-26(18-19-27(32)34)28(35)30(22-12-6-3-7-13-22,23-14-8-4-9-15-23)24-16-10-5-11-17-24/h3-17,21,25-26H,18-20,31H2,1-2H3,(H2,32,34)(H,33,36)/t25-,26-/m0/s1. The summed E-state index contributed by atoms with van der Waals surface area (Å²) >= 11 is 0. The lowest BCUT2D eigenvalue weighted by Gasteiger charge is -2.37. The number of amides is 2. The molecule has 0 aromatic heterocycles. The molecule has 0 aliphatic rings. The third-order valence-electron chi connectivity index (χ3n) is 6.36. The smallest absolute Gasteiger partial charge is 0.237 e. The Balaban J connectivity index is 2.20. The number of benzene rings is 3. The molecule has 0 bridgehead atoms. The van der Waals surface area contributed by atoms with Crippen molar-refractivity contribution in [2.45, 2.75) is 50.6 Å². The highest BCUT2D eigenvalue weighted by molar-refractivity contribution is 6.03. The van der Waals surface area contributed by atoms with E-state index in [-0.39, 0.29) is 24.5 Å². The number of rotatable bonds is 12. The molecule has 36 heavy (non-hydrogen) atoms. The van der Waals surface area contributed by atoms with Gasteiger partial charge >= 0.3 is 0 Å². The van der Waals surface area contributed by atoms with Gasteiger partial charge in [-0.05, 0) is 35.4 Å². The summed E-state index contributed by atoms with van der Waals surface area (Å²) in [6.45, 7) is 3.96. The molecule has 0 heterocycles. The Morgan fingerprint density at radius 1 is 0.778 bits per heavy atom. The van der Waals surface area contributed by atoms with Gasteiger partial charge in [0.15, 0.2) is 5.78 Å². The van der Waals surface area contributed by atoms with Crippen LogP contribution in [0.3, 0.4) is 0 Å². The number of nitrogens with two attached hydrogens (primary N) is 2. The van der Waals surface area contributed by atoms with Crippen LogP contribution >= 0.6 is 0 Å². The van der Waals surface area contributed by atoms with Gasteiger partial charge in [0.05, 0.1) is 12.1 Å². The van der Waals surface area contributed by atoms with Crippen LogP contribution in [0.2, 0.25) is 0 Å². The van der Waals surface area contributed by atoms with E-state index in [1.807, 2.05) is 105 Å². The topological polar surface area (TPSA) is 115 Å². The van der Waals surface area contributed by atoms with Crippen molar-refractivity contribution < 1.29 is 14.4 Å². The lowest BCUT2D eigenvalue weighted by Crippen LogP contribution is -2.54. The SMILES string of the molecule is CC(C)C[C@H](N)C(=O)N[C@@H](CCC(N)=O)C(=O)C(c1ccccc1)(c1ccccc1)c1ccccc1. The summed E-state index contributed by atoms with van der Waals surface area (Å²) in [6, 6.07) is 26.7. The van der Waals surface area contributed by atoms with Gasteiger partial charge in [-0.1, -0.05) is 105 Å². The number of hydrogen-bond acceptors (Lipinski definition) is 4. The Kier molecular flexibility index (Phi) is 9.14. The van der Waals surface area contributed by atoms with Crippen molar-refractivity contribution in [1.29, 1.82) is 0 Å². The normalized spacial score (nSPS) is 13.1. The van der Waals surface area contributed by atoms with Crippen LogP contribution in [0.5, 0.6) is 0 Å². The number of hydrogen-bond donors (Lipinski definition) is 3. The summed E-state index contributed by atoms with van der Waals surface area (Å²) in [4.78, 5) is 39.5. The number of Topliss-reactive ketones (excluding diaryl/α,β-unsaturated/α-hetero) is 1. The molecule has 0 unspecified atom stereocenters. The summed E-state index contributed by atoms with van der Waals surface area (Å²) in [5, 5.41) is 2.87. The van der Waals surface area contributed by atoms with E-state index in [1.165, 1.54) is 0 Å². The minimum absolute atomic E-state index is 0.0510. The number of ketones is 1. The monoisotopic (exact) mass is 485 g/mol. The molecule has 0 aliphatic heterocycles. The second kappa shape index (κ2) is 12.3. The second-order valence-electron chi connectivity index (χ2n) is 9.51. The first kappa shape index (κ1) is 26.8. The summed E-state index contributed by atoms with van der Waals surface area (Å²) < 4.78 is 0. The molecule has 0 fully saturated rings. The fraction of sp³-hybridized carbons (Fsp3) is 0.300. The number of primary amides is 1. The molecule has 0 saturated carbocycles. The van der Waals surface area contributed by atoms with E-state index in [0.717, 1.165) is 16.7 Å². The van der Waals surface area contributed by atoms with Gasteiger partial charge in [-0.3, -0.25) is 14.4 Å². The lowest BCUT2D eigenvalue weighted by atomic mass is 9.64. The fourth-order valence-electron chi connectivity index (χ4n) is 4.70. The molecule has 0 aliphatic carbocycles. The molecule has 3 aromatic rings. The number of nitrogens with one attached hydrogen (secondary N) is 1. The van der Waals surface area contributed by atoms with Crippen molar-refractivity contribution in [1.82, 2.24) is 5.32 Å². The Labute approximate surface area is 213 Å². The van der Waals surface area contributed by atoms with Crippen molar-refractivity contribution in [3.63, 3.8) is 0 Å². The zero-order valence-electron chi connectivity index (χ0n) is 20.9. The Hall–Kier alpha value is -3.77. The van der Waals surface area contributed by atoms with Crippen molar-refractivity contribution >= 4 is 17.6 Å². The van der Waals surface area contributed by atoms with Crippen LogP contribution in [0.1, 0.15) is 49.8 Å². The molecule has 2 amide bonds. The largest absolute Gasteiger partial charge is 0.370 e. The van der Waals surface area contributed by atoms with Gasteiger partial charge in [0, 0.05) is 6.42 Å². The van der Waals surface area contributed by atoms with Gasteiger partial charge in [0.1, 0.15) is 5.41 Å². The number of carbonyl (C=O) groups excluding carboxylic acids is 3. The van der Waals surface area contributed by atoms with Crippen LogP contribution in [0, 0.1) is 5.92 Å². The molecule has 3 rings (SSSR count). The molecule has 0 saturated heterocycles. The van der Waals surface area contributed by atoms with Crippen molar-refractivity contribution in [2.75, 3.05) is 0 Å².